The third kappa shape index (κ3) is 2.50. The highest BCUT2D eigenvalue weighted by Gasteiger charge is 2.49. The van der Waals surface area contributed by atoms with Gasteiger partial charge >= 0.3 is 7.60 Å². The van der Waals surface area contributed by atoms with Gasteiger partial charge in [-0.15, -0.1) is 11.6 Å². The summed E-state index contributed by atoms with van der Waals surface area (Å²) in [7, 11) is -3.20. The number of alkyl halides is 1. The molecule has 1 heterocycles. The molecule has 6 heteroatoms. The zero-order valence-electron chi connectivity index (χ0n) is 8.66. The van der Waals surface area contributed by atoms with Crippen LogP contribution in [0, 0.1) is 0 Å². The van der Waals surface area contributed by atoms with Crippen LogP contribution in [0.4, 0.5) is 0 Å². The van der Waals surface area contributed by atoms with Crippen molar-refractivity contribution in [1.82, 2.24) is 0 Å². The number of hydrogen-bond acceptors (Lipinski definition) is 4. The Morgan fingerprint density at radius 1 is 1.64 bits per heavy atom. The van der Waals surface area contributed by atoms with E-state index in [4.69, 9.17) is 25.4 Å². The van der Waals surface area contributed by atoms with Gasteiger partial charge in [0.1, 0.15) is 0 Å². The topological polar surface area (TPSA) is 44.8 Å². The second-order valence-electron chi connectivity index (χ2n) is 3.69. The number of rotatable bonds is 3. The molecule has 0 amide bonds. The van der Waals surface area contributed by atoms with Crippen molar-refractivity contribution in [3.05, 3.63) is 0 Å². The van der Waals surface area contributed by atoms with Crippen molar-refractivity contribution >= 4 is 19.2 Å². The zero-order valence-corrected chi connectivity index (χ0v) is 10.3. The van der Waals surface area contributed by atoms with E-state index in [-0.39, 0.29) is 18.6 Å². The van der Waals surface area contributed by atoms with E-state index in [1.807, 2.05) is 0 Å². The third-order valence-corrected chi connectivity index (χ3v) is 4.75. The molecule has 0 aliphatic carbocycles. The Kier molecular flexibility index (Phi) is 4.01. The van der Waals surface area contributed by atoms with Crippen LogP contribution in [0.1, 0.15) is 20.8 Å². The van der Waals surface area contributed by atoms with Crippen LogP contribution in [-0.2, 0) is 18.3 Å². The molecule has 0 bridgehead atoms. The van der Waals surface area contributed by atoms with Crippen LogP contribution < -0.4 is 0 Å². The molecule has 4 nitrogen and oxygen atoms in total. The van der Waals surface area contributed by atoms with Crippen molar-refractivity contribution in [3.63, 3.8) is 0 Å². The van der Waals surface area contributed by atoms with E-state index < -0.39 is 12.9 Å². The number of halogens is 1. The average Bonchev–Trinajstić information content (AvgIpc) is 2.10. The van der Waals surface area contributed by atoms with E-state index in [0.717, 1.165) is 0 Å². The normalized spacial score (nSPS) is 37.0. The highest BCUT2D eigenvalue weighted by Crippen LogP contribution is 2.63. The lowest BCUT2D eigenvalue weighted by atomic mass is 10.4. The predicted molar refractivity (Wildman–Crippen MR) is 54.9 cm³/mol. The van der Waals surface area contributed by atoms with E-state index >= 15 is 0 Å². The molecule has 2 unspecified atom stereocenters. The predicted octanol–water partition coefficient (Wildman–Crippen LogP) is 2.61. The smallest absolute Gasteiger partial charge is 0.360 e. The molecular weight excluding hydrogens is 227 g/mol. The first-order valence-corrected chi connectivity index (χ1v) is 6.62. The SMILES string of the molecule is CC1COC(C)(C)P(=O)(OCCCl)O1. The fraction of sp³-hybridized carbons (Fsp3) is 1.00. The van der Waals surface area contributed by atoms with E-state index in [0.29, 0.717) is 6.61 Å². The summed E-state index contributed by atoms with van der Waals surface area (Å²) in [6.07, 6.45) is -0.204. The first-order chi connectivity index (χ1) is 6.41. The summed E-state index contributed by atoms with van der Waals surface area (Å²) in [6, 6.07) is 0. The van der Waals surface area contributed by atoms with E-state index in [9.17, 15) is 4.57 Å². The van der Waals surface area contributed by atoms with Gasteiger partial charge in [0.25, 0.3) is 0 Å². The van der Waals surface area contributed by atoms with Crippen LogP contribution in [0.25, 0.3) is 0 Å². The summed E-state index contributed by atoms with van der Waals surface area (Å²) < 4.78 is 28.2. The minimum absolute atomic E-state index is 0.204. The Morgan fingerprint density at radius 3 is 2.86 bits per heavy atom. The molecule has 1 fully saturated rings. The Labute approximate surface area is 89.4 Å². The summed E-state index contributed by atoms with van der Waals surface area (Å²) in [5, 5.41) is -0.883. The first-order valence-electron chi connectivity index (χ1n) is 4.54. The van der Waals surface area contributed by atoms with Gasteiger partial charge in [0.05, 0.1) is 19.3 Å². The largest absolute Gasteiger partial charge is 0.361 e. The van der Waals surface area contributed by atoms with Gasteiger partial charge in [0.15, 0.2) is 5.34 Å². The van der Waals surface area contributed by atoms with E-state index in [2.05, 4.69) is 0 Å². The molecule has 0 aromatic rings. The molecule has 2 atom stereocenters. The van der Waals surface area contributed by atoms with Crippen LogP contribution >= 0.6 is 19.2 Å². The highest BCUT2D eigenvalue weighted by molar-refractivity contribution is 7.55. The molecule has 0 radical (unpaired) electrons. The number of hydrogen-bond donors (Lipinski definition) is 0. The highest BCUT2D eigenvalue weighted by atomic mass is 35.5. The number of ether oxygens (including phenoxy) is 1. The Bertz CT molecular complexity index is 243. The van der Waals surface area contributed by atoms with Gasteiger partial charge in [-0.25, -0.2) is 0 Å². The third-order valence-electron chi connectivity index (χ3n) is 1.99. The molecule has 1 rings (SSSR count). The van der Waals surface area contributed by atoms with Crippen molar-refractivity contribution in [2.24, 2.45) is 0 Å². The Balaban J connectivity index is 2.74. The summed E-state index contributed by atoms with van der Waals surface area (Å²) in [5.41, 5.74) is 0. The van der Waals surface area contributed by atoms with Crippen LogP contribution in [0.3, 0.4) is 0 Å². The minimum atomic E-state index is -3.20. The second-order valence-corrected chi connectivity index (χ2v) is 6.61. The van der Waals surface area contributed by atoms with E-state index in [1.54, 1.807) is 20.8 Å². The maximum absolute atomic E-state index is 12.2. The van der Waals surface area contributed by atoms with Crippen LogP contribution in [-0.4, -0.2) is 30.5 Å². The summed E-state index contributed by atoms with van der Waals surface area (Å²) in [4.78, 5) is 0. The van der Waals surface area contributed by atoms with Gasteiger partial charge in [0, 0.05) is 5.88 Å². The molecule has 14 heavy (non-hydrogen) atoms. The molecule has 0 N–H and O–H groups in total. The molecule has 1 aliphatic heterocycles. The van der Waals surface area contributed by atoms with Crippen LogP contribution in [0.5, 0.6) is 0 Å². The van der Waals surface area contributed by atoms with E-state index in [1.165, 1.54) is 0 Å². The molecule has 1 aliphatic rings. The van der Waals surface area contributed by atoms with Crippen LogP contribution in [0.2, 0.25) is 0 Å². The Morgan fingerprint density at radius 2 is 2.29 bits per heavy atom. The maximum atomic E-state index is 12.2. The van der Waals surface area contributed by atoms with Crippen LogP contribution in [0.15, 0.2) is 0 Å². The van der Waals surface area contributed by atoms with Gasteiger partial charge in [-0.05, 0) is 20.8 Å². The molecule has 0 saturated carbocycles. The Hall–Kier alpha value is 0.400. The van der Waals surface area contributed by atoms with Crippen molar-refractivity contribution in [2.75, 3.05) is 19.1 Å². The minimum Gasteiger partial charge on any atom is -0.360 e. The molecule has 0 aromatic heterocycles. The van der Waals surface area contributed by atoms with Gasteiger partial charge < -0.3 is 13.8 Å². The quantitative estimate of drug-likeness (QED) is 0.564. The fourth-order valence-corrected chi connectivity index (χ4v) is 3.04. The van der Waals surface area contributed by atoms with Crippen molar-refractivity contribution in [1.29, 1.82) is 0 Å². The molecule has 84 valence electrons. The van der Waals surface area contributed by atoms with Gasteiger partial charge in [-0.2, -0.15) is 0 Å². The average molecular weight is 243 g/mol. The van der Waals surface area contributed by atoms with Crippen molar-refractivity contribution in [2.45, 2.75) is 32.2 Å². The second kappa shape index (κ2) is 4.50. The summed E-state index contributed by atoms with van der Waals surface area (Å²) in [6.45, 7) is 5.84. The maximum Gasteiger partial charge on any atom is 0.361 e. The zero-order chi connectivity index (χ0) is 10.8. The standard InChI is InChI=1S/C8H16ClO4P/c1-7-6-11-8(2,3)14(10,13-7)12-5-4-9/h7H,4-6H2,1-3H3. The molecule has 1 saturated heterocycles. The lowest BCUT2D eigenvalue weighted by Gasteiger charge is -2.39. The summed E-state index contributed by atoms with van der Waals surface area (Å²) in [5.74, 6) is 0.289. The molecule has 0 spiro atoms. The van der Waals surface area contributed by atoms with Crippen molar-refractivity contribution < 1.29 is 18.3 Å². The molecular formula is C8H16ClO4P. The summed E-state index contributed by atoms with van der Waals surface area (Å²) >= 11 is 5.47. The lowest BCUT2D eigenvalue weighted by Crippen LogP contribution is -2.37. The molecule has 0 aromatic carbocycles. The fourth-order valence-electron chi connectivity index (χ4n) is 1.14. The lowest BCUT2D eigenvalue weighted by molar-refractivity contribution is -0.0642. The van der Waals surface area contributed by atoms with Gasteiger partial charge in [-0.1, -0.05) is 0 Å². The van der Waals surface area contributed by atoms with Gasteiger partial charge in [-0.3, -0.25) is 4.57 Å². The van der Waals surface area contributed by atoms with Crippen molar-refractivity contribution in [3.8, 4) is 0 Å². The van der Waals surface area contributed by atoms with Gasteiger partial charge in [0.2, 0.25) is 0 Å². The monoisotopic (exact) mass is 242 g/mol. The first kappa shape index (κ1) is 12.5.